The second-order valence-electron chi connectivity index (χ2n) is 5.34. The van der Waals surface area contributed by atoms with E-state index in [0.717, 1.165) is 16.7 Å². The fourth-order valence-corrected chi connectivity index (χ4v) is 3.20. The third kappa shape index (κ3) is 3.13. The molecular weight excluding hydrogens is 333 g/mol. The third-order valence-corrected chi connectivity index (χ3v) is 4.64. The molecule has 2 heterocycles. The van der Waals surface area contributed by atoms with Crippen LogP contribution >= 0.6 is 11.3 Å². The zero-order valence-electron chi connectivity index (χ0n) is 12.7. The van der Waals surface area contributed by atoms with Crippen molar-refractivity contribution in [2.75, 3.05) is 0 Å². The molecule has 3 N–H and O–H groups in total. The number of carboxylic acids is 1. The first kappa shape index (κ1) is 16.1. The molecule has 0 aliphatic rings. The Morgan fingerprint density at radius 1 is 1.46 bits per heavy atom. The number of carbonyl (C=O) groups is 2. The van der Waals surface area contributed by atoms with E-state index in [9.17, 15) is 19.1 Å². The third-order valence-electron chi connectivity index (χ3n) is 3.71. The van der Waals surface area contributed by atoms with Crippen molar-refractivity contribution in [2.24, 2.45) is 0 Å². The van der Waals surface area contributed by atoms with Gasteiger partial charge < -0.3 is 15.4 Å². The molecule has 0 radical (unpaired) electrons. The van der Waals surface area contributed by atoms with Gasteiger partial charge in [0.2, 0.25) is 0 Å². The molecule has 6 nitrogen and oxygen atoms in total. The van der Waals surface area contributed by atoms with E-state index in [1.54, 1.807) is 19.2 Å². The van der Waals surface area contributed by atoms with Gasteiger partial charge in [-0.05, 0) is 30.7 Å². The maximum Gasteiger partial charge on any atom is 0.326 e. The summed E-state index contributed by atoms with van der Waals surface area (Å²) in [5.74, 6) is -1.98. The molecule has 3 rings (SSSR count). The molecule has 1 amide bonds. The van der Waals surface area contributed by atoms with Gasteiger partial charge in [0, 0.05) is 23.5 Å². The summed E-state index contributed by atoms with van der Waals surface area (Å²) >= 11 is 1.16. The van der Waals surface area contributed by atoms with Crippen molar-refractivity contribution >= 4 is 34.1 Å². The van der Waals surface area contributed by atoms with Crippen LogP contribution in [0.2, 0.25) is 0 Å². The van der Waals surface area contributed by atoms with Crippen molar-refractivity contribution < 1.29 is 19.1 Å². The lowest BCUT2D eigenvalue weighted by Gasteiger charge is -2.13. The fraction of sp³-hybridized carbons (Fsp3) is 0.188. The number of nitrogens with one attached hydrogen (secondary N) is 2. The number of hydrogen-bond donors (Lipinski definition) is 3. The molecule has 8 heteroatoms. The van der Waals surface area contributed by atoms with Gasteiger partial charge in [-0.2, -0.15) is 0 Å². The molecule has 0 saturated carbocycles. The Kier molecular flexibility index (Phi) is 4.30. The van der Waals surface area contributed by atoms with E-state index in [-0.39, 0.29) is 12.2 Å². The van der Waals surface area contributed by atoms with Gasteiger partial charge in [0.1, 0.15) is 16.7 Å². The van der Waals surface area contributed by atoms with Gasteiger partial charge in [-0.25, -0.2) is 14.2 Å². The molecule has 0 saturated heterocycles. The molecule has 0 unspecified atom stereocenters. The average molecular weight is 347 g/mol. The second-order valence-corrected chi connectivity index (χ2v) is 6.19. The Balaban J connectivity index is 1.82. The summed E-state index contributed by atoms with van der Waals surface area (Å²) in [6, 6.07) is 3.15. The molecule has 24 heavy (non-hydrogen) atoms. The number of carboxylic acid groups (broad SMARTS) is 1. The highest BCUT2D eigenvalue weighted by Gasteiger charge is 2.24. The first-order valence-corrected chi connectivity index (χ1v) is 8.03. The average Bonchev–Trinajstić information content (AvgIpc) is 3.12. The number of aliphatic carboxylic acids is 1. The van der Waals surface area contributed by atoms with Crippen molar-refractivity contribution in [3.63, 3.8) is 0 Å². The summed E-state index contributed by atoms with van der Waals surface area (Å²) in [4.78, 5) is 31.0. The topological polar surface area (TPSA) is 95.1 Å². The van der Waals surface area contributed by atoms with E-state index in [1.165, 1.54) is 17.6 Å². The number of rotatable bonds is 5. The molecule has 0 spiro atoms. The number of nitrogens with zero attached hydrogens (tertiary/aromatic N) is 1. The van der Waals surface area contributed by atoms with Gasteiger partial charge in [0.05, 0.1) is 11.2 Å². The van der Waals surface area contributed by atoms with Crippen LogP contribution in [0.3, 0.4) is 0 Å². The summed E-state index contributed by atoms with van der Waals surface area (Å²) in [6.07, 6.45) is 1.72. The van der Waals surface area contributed by atoms with Crippen LogP contribution in [0.25, 0.3) is 10.9 Å². The first-order chi connectivity index (χ1) is 11.5. The number of aromatic amines is 1. The molecule has 0 fully saturated rings. The van der Waals surface area contributed by atoms with Crippen LogP contribution in [0.5, 0.6) is 0 Å². The normalized spacial score (nSPS) is 12.2. The maximum atomic E-state index is 13.2. The molecule has 2 aromatic heterocycles. The van der Waals surface area contributed by atoms with Gasteiger partial charge in [-0.15, -0.1) is 11.3 Å². The Hall–Kier alpha value is -2.74. The SMILES string of the molecule is Cc1ncsc1C(=O)N[C@H](Cc1c[nH]c2cc(F)ccc12)C(=O)O. The number of aromatic nitrogens is 2. The van der Waals surface area contributed by atoms with Crippen molar-refractivity contribution in [3.8, 4) is 0 Å². The molecule has 1 atom stereocenters. The van der Waals surface area contributed by atoms with E-state index < -0.39 is 17.9 Å². The van der Waals surface area contributed by atoms with Crippen molar-refractivity contribution in [1.29, 1.82) is 0 Å². The van der Waals surface area contributed by atoms with E-state index in [2.05, 4.69) is 15.3 Å². The van der Waals surface area contributed by atoms with E-state index in [1.807, 2.05) is 0 Å². The van der Waals surface area contributed by atoms with Crippen molar-refractivity contribution in [2.45, 2.75) is 19.4 Å². The molecule has 124 valence electrons. The number of amides is 1. The van der Waals surface area contributed by atoms with Crippen LogP contribution in [0.1, 0.15) is 20.9 Å². The quantitative estimate of drug-likeness (QED) is 0.661. The van der Waals surface area contributed by atoms with Gasteiger partial charge >= 0.3 is 5.97 Å². The predicted molar refractivity (Wildman–Crippen MR) is 87.7 cm³/mol. The number of carbonyl (C=O) groups excluding carboxylic acids is 1. The summed E-state index contributed by atoms with van der Waals surface area (Å²) in [6.45, 7) is 1.69. The Morgan fingerprint density at radius 3 is 2.92 bits per heavy atom. The number of halogens is 1. The number of hydrogen-bond acceptors (Lipinski definition) is 4. The molecule has 0 aliphatic carbocycles. The molecule has 3 aromatic rings. The van der Waals surface area contributed by atoms with Gasteiger partial charge in [0.15, 0.2) is 0 Å². The summed E-state index contributed by atoms with van der Waals surface area (Å²) < 4.78 is 13.2. The maximum absolute atomic E-state index is 13.2. The number of benzene rings is 1. The largest absolute Gasteiger partial charge is 0.480 e. The summed E-state index contributed by atoms with van der Waals surface area (Å²) in [5, 5.41) is 12.7. The second kappa shape index (κ2) is 6.40. The van der Waals surface area contributed by atoms with Crippen LogP contribution in [0.15, 0.2) is 29.9 Å². The molecule has 0 aliphatic heterocycles. The van der Waals surface area contributed by atoms with Gasteiger partial charge in [0.25, 0.3) is 5.91 Å². The van der Waals surface area contributed by atoms with Gasteiger partial charge in [-0.3, -0.25) is 4.79 Å². The van der Waals surface area contributed by atoms with Crippen LogP contribution in [0.4, 0.5) is 4.39 Å². The monoisotopic (exact) mass is 347 g/mol. The van der Waals surface area contributed by atoms with E-state index >= 15 is 0 Å². The standard InChI is InChI=1S/C16H14FN3O3S/c1-8-14(24-7-19-8)15(21)20-13(16(22)23)4-9-6-18-12-5-10(17)2-3-11(9)12/h2-3,5-7,13,18H,4H2,1H3,(H,20,21)(H,22,23)/t13-/m1/s1. The van der Waals surface area contributed by atoms with Crippen molar-refractivity contribution in [1.82, 2.24) is 15.3 Å². The molecule has 1 aromatic carbocycles. The van der Waals surface area contributed by atoms with E-state index in [4.69, 9.17) is 0 Å². The number of aryl methyl sites for hydroxylation is 1. The Bertz CT molecular complexity index is 918. The zero-order chi connectivity index (χ0) is 17.3. The van der Waals surface area contributed by atoms with Crippen LogP contribution < -0.4 is 5.32 Å². The molecular formula is C16H14FN3O3S. The molecule has 0 bridgehead atoms. The predicted octanol–water partition coefficient (Wildman–Crippen LogP) is 2.50. The van der Waals surface area contributed by atoms with Crippen LogP contribution in [-0.2, 0) is 11.2 Å². The minimum atomic E-state index is -1.14. The summed E-state index contributed by atoms with van der Waals surface area (Å²) in [5.41, 5.74) is 3.37. The highest BCUT2D eigenvalue weighted by atomic mass is 32.1. The highest BCUT2D eigenvalue weighted by molar-refractivity contribution is 7.11. The fourth-order valence-electron chi connectivity index (χ4n) is 2.49. The first-order valence-electron chi connectivity index (χ1n) is 7.15. The Labute approximate surface area is 140 Å². The number of fused-ring (bicyclic) bond motifs is 1. The van der Waals surface area contributed by atoms with E-state index in [0.29, 0.717) is 21.7 Å². The lowest BCUT2D eigenvalue weighted by atomic mass is 10.0. The van der Waals surface area contributed by atoms with Crippen LogP contribution in [-0.4, -0.2) is 33.0 Å². The van der Waals surface area contributed by atoms with Crippen LogP contribution in [0, 0.1) is 12.7 Å². The number of thiazole rings is 1. The van der Waals surface area contributed by atoms with Gasteiger partial charge in [-0.1, -0.05) is 0 Å². The minimum absolute atomic E-state index is 0.0879. The summed E-state index contributed by atoms with van der Waals surface area (Å²) in [7, 11) is 0. The zero-order valence-corrected chi connectivity index (χ0v) is 13.5. The lowest BCUT2D eigenvalue weighted by Crippen LogP contribution is -2.42. The Morgan fingerprint density at radius 2 is 2.25 bits per heavy atom. The highest BCUT2D eigenvalue weighted by Crippen LogP contribution is 2.21. The smallest absolute Gasteiger partial charge is 0.326 e. The minimum Gasteiger partial charge on any atom is -0.480 e. The van der Waals surface area contributed by atoms with Crippen molar-refractivity contribution in [3.05, 3.63) is 51.9 Å². The lowest BCUT2D eigenvalue weighted by molar-refractivity contribution is -0.139. The number of H-pyrrole nitrogens is 1.